The van der Waals surface area contributed by atoms with Gasteiger partial charge in [-0.05, 0) is 25.8 Å². The standard InChI is InChI=1S/C12H19N3O2/c1-2-12(4-5-13-8-12)11-14-10(15-17-11)9-3-6-16-7-9/h9,13H,2-8H2,1H3. The Morgan fingerprint density at radius 1 is 1.53 bits per heavy atom. The predicted molar refractivity (Wildman–Crippen MR) is 61.9 cm³/mol. The van der Waals surface area contributed by atoms with E-state index in [9.17, 15) is 0 Å². The third kappa shape index (κ3) is 1.87. The van der Waals surface area contributed by atoms with Gasteiger partial charge in [0.25, 0.3) is 0 Å². The third-order valence-electron chi connectivity index (χ3n) is 4.11. The van der Waals surface area contributed by atoms with E-state index in [1.807, 2.05) is 0 Å². The normalized spacial score (nSPS) is 33.4. The topological polar surface area (TPSA) is 60.2 Å². The van der Waals surface area contributed by atoms with Gasteiger partial charge in [-0.3, -0.25) is 0 Å². The molecule has 3 rings (SSSR count). The summed E-state index contributed by atoms with van der Waals surface area (Å²) in [5.41, 5.74) is 0.0602. The molecule has 94 valence electrons. The van der Waals surface area contributed by atoms with E-state index in [0.717, 1.165) is 57.3 Å². The first kappa shape index (κ1) is 11.2. The maximum Gasteiger partial charge on any atom is 0.234 e. The summed E-state index contributed by atoms with van der Waals surface area (Å²) >= 11 is 0. The molecular formula is C12H19N3O2. The fourth-order valence-electron chi connectivity index (χ4n) is 2.73. The van der Waals surface area contributed by atoms with Crippen molar-refractivity contribution in [3.8, 4) is 0 Å². The molecule has 2 aliphatic heterocycles. The van der Waals surface area contributed by atoms with Crippen molar-refractivity contribution in [2.45, 2.75) is 37.5 Å². The minimum Gasteiger partial charge on any atom is -0.381 e. The van der Waals surface area contributed by atoms with Crippen LogP contribution < -0.4 is 5.32 Å². The lowest BCUT2D eigenvalue weighted by atomic mass is 9.84. The summed E-state index contributed by atoms with van der Waals surface area (Å²) in [5.74, 6) is 1.97. The lowest BCUT2D eigenvalue weighted by Gasteiger charge is -2.20. The second-order valence-electron chi connectivity index (χ2n) is 5.08. The Balaban J connectivity index is 1.83. The zero-order valence-corrected chi connectivity index (χ0v) is 10.2. The van der Waals surface area contributed by atoms with Crippen molar-refractivity contribution >= 4 is 0 Å². The molecule has 0 bridgehead atoms. The summed E-state index contributed by atoms with van der Waals surface area (Å²) < 4.78 is 10.9. The van der Waals surface area contributed by atoms with Gasteiger partial charge >= 0.3 is 0 Å². The van der Waals surface area contributed by atoms with Gasteiger partial charge < -0.3 is 14.6 Å². The van der Waals surface area contributed by atoms with Crippen LogP contribution in [0.1, 0.15) is 43.8 Å². The van der Waals surface area contributed by atoms with Crippen LogP contribution in [0.15, 0.2) is 4.52 Å². The third-order valence-corrected chi connectivity index (χ3v) is 4.11. The zero-order valence-electron chi connectivity index (χ0n) is 10.2. The molecule has 0 amide bonds. The summed E-state index contributed by atoms with van der Waals surface area (Å²) in [5, 5.41) is 7.53. The van der Waals surface area contributed by atoms with Gasteiger partial charge in [0, 0.05) is 19.1 Å². The van der Waals surface area contributed by atoms with Gasteiger partial charge in [0.2, 0.25) is 5.89 Å². The van der Waals surface area contributed by atoms with Crippen molar-refractivity contribution in [3.63, 3.8) is 0 Å². The molecule has 2 aliphatic rings. The monoisotopic (exact) mass is 237 g/mol. The molecule has 0 aliphatic carbocycles. The fourth-order valence-corrected chi connectivity index (χ4v) is 2.73. The highest BCUT2D eigenvalue weighted by Crippen LogP contribution is 2.34. The Bertz CT molecular complexity index is 379. The number of nitrogens with zero attached hydrogens (tertiary/aromatic N) is 2. The molecule has 0 spiro atoms. The Kier molecular flexibility index (Phi) is 2.88. The number of aromatic nitrogens is 2. The van der Waals surface area contributed by atoms with E-state index >= 15 is 0 Å². The predicted octanol–water partition coefficient (Wildman–Crippen LogP) is 1.21. The van der Waals surface area contributed by atoms with Crippen molar-refractivity contribution < 1.29 is 9.26 Å². The first-order chi connectivity index (χ1) is 8.34. The van der Waals surface area contributed by atoms with Gasteiger partial charge in [0.05, 0.1) is 12.0 Å². The van der Waals surface area contributed by atoms with Crippen LogP contribution in [0.5, 0.6) is 0 Å². The molecule has 2 unspecified atom stereocenters. The quantitative estimate of drug-likeness (QED) is 0.856. The van der Waals surface area contributed by atoms with Crippen molar-refractivity contribution in [3.05, 3.63) is 11.7 Å². The van der Waals surface area contributed by atoms with E-state index < -0.39 is 0 Å². The largest absolute Gasteiger partial charge is 0.381 e. The van der Waals surface area contributed by atoms with Gasteiger partial charge in [-0.25, -0.2) is 0 Å². The lowest BCUT2D eigenvalue weighted by molar-refractivity contribution is 0.192. The Labute approximate surface area is 101 Å². The summed E-state index contributed by atoms with van der Waals surface area (Å²) in [6, 6.07) is 0. The number of nitrogens with one attached hydrogen (secondary N) is 1. The first-order valence-corrected chi connectivity index (χ1v) is 6.46. The van der Waals surface area contributed by atoms with E-state index in [1.165, 1.54) is 0 Å². The zero-order chi connectivity index (χ0) is 11.7. The molecule has 5 nitrogen and oxygen atoms in total. The van der Waals surface area contributed by atoms with Gasteiger partial charge in [0.1, 0.15) is 0 Å². The van der Waals surface area contributed by atoms with Crippen LogP contribution in [0.4, 0.5) is 0 Å². The minimum absolute atomic E-state index is 0.0602. The number of hydrogen-bond donors (Lipinski definition) is 1. The molecule has 1 aromatic rings. The molecule has 2 atom stereocenters. The van der Waals surface area contributed by atoms with Crippen LogP contribution in [0, 0.1) is 0 Å². The summed E-state index contributed by atoms with van der Waals surface area (Å²) in [7, 11) is 0. The molecule has 0 aromatic carbocycles. The van der Waals surface area contributed by atoms with Crippen LogP contribution in [0.2, 0.25) is 0 Å². The van der Waals surface area contributed by atoms with Crippen molar-refractivity contribution in [1.29, 1.82) is 0 Å². The van der Waals surface area contributed by atoms with Crippen LogP contribution >= 0.6 is 0 Å². The van der Waals surface area contributed by atoms with E-state index in [-0.39, 0.29) is 5.41 Å². The van der Waals surface area contributed by atoms with Crippen molar-refractivity contribution in [1.82, 2.24) is 15.5 Å². The molecule has 5 heteroatoms. The van der Waals surface area contributed by atoms with Crippen molar-refractivity contribution in [2.75, 3.05) is 26.3 Å². The van der Waals surface area contributed by atoms with Crippen LogP contribution in [0.3, 0.4) is 0 Å². The summed E-state index contributed by atoms with van der Waals surface area (Å²) in [6.45, 7) is 5.73. The molecule has 1 N–H and O–H groups in total. The average molecular weight is 237 g/mol. The second kappa shape index (κ2) is 4.38. The highest BCUT2D eigenvalue weighted by atomic mass is 16.5. The number of rotatable bonds is 3. The second-order valence-corrected chi connectivity index (χ2v) is 5.08. The average Bonchev–Trinajstić information content (AvgIpc) is 3.10. The smallest absolute Gasteiger partial charge is 0.234 e. The molecular weight excluding hydrogens is 218 g/mol. The fraction of sp³-hybridized carbons (Fsp3) is 0.833. The van der Waals surface area contributed by atoms with E-state index in [2.05, 4.69) is 22.4 Å². The summed E-state index contributed by atoms with van der Waals surface area (Å²) in [4.78, 5) is 4.62. The van der Waals surface area contributed by atoms with E-state index in [4.69, 9.17) is 9.26 Å². The molecule has 1 aromatic heterocycles. The molecule has 2 saturated heterocycles. The SMILES string of the molecule is CCC1(c2nc(C3CCOC3)no2)CCNC1. The van der Waals surface area contributed by atoms with Gasteiger partial charge in [-0.2, -0.15) is 4.98 Å². The lowest BCUT2D eigenvalue weighted by Crippen LogP contribution is -2.28. The van der Waals surface area contributed by atoms with Gasteiger partial charge in [-0.15, -0.1) is 0 Å². The van der Waals surface area contributed by atoms with Gasteiger partial charge in [-0.1, -0.05) is 12.1 Å². The van der Waals surface area contributed by atoms with E-state index in [0.29, 0.717) is 5.92 Å². The maximum atomic E-state index is 5.50. The maximum absolute atomic E-state index is 5.50. The van der Waals surface area contributed by atoms with Crippen LogP contribution in [-0.4, -0.2) is 36.4 Å². The van der Waals surface area contributed by atoms with Crippen LogP contribution in [-0.2, 0) is 10.2 Å². The van der Waals surface area contributed by atoms with Gasteiger partial charge in [0.15, 0.2) is 5.82 Å². The molecule has 17 heavy (non-hydrogen) atoms. The molecule has 0 radical (unpaired) electrons. The molecule has 2 fully saturated rings. The Morgan fingerprint density at radius 3 is 3.12 bits per heavy atom. The molecule has 0 saturated carbocycles. The minimum atomic E-state index is 0.0602. The Hall–Kier alpha value is -0.940. The number of hydrogen-bond acceptors (Lipinski definition) is 5. The van der Waals surface area contributed by atoms with E-state index in [1.54, 1.807) is 0 Å². The first-order valence-electron chi connectivity index (χ1n) is 6.46. The van der Waals surface area contributed by atoms with Crippen LogP contribution in [0.25, 0.3) is 0 Å². The Morgan fingerprint density at radius 2 is 2.47 bits per heavy atom. The van der Waals surface area contributed by atoms with Crippen molar-refractivity contribution in [2.24, 2.45) is 0 Å². The number of ether oxygens (including phenoxy) is 1. The highest BCUT2D eigenvalue weighted by Gasteiger charge is 2.39. The summed E-state index contributed by atoms with van der Waals surface area (Å²) in [6.07, 6.45) is 3.14. The highest BCUT2D eigenvalue weighted by molar-refractivity contribution is 5.11. The molecule has 3 heterocycles.